The Balaban J connectivity index is 1.37. The van der Waals surface area contributed by atoms with E-state index < -0.39 is 11.6 Å². The molecule has 0 saturated heterocycles. The summed E-state index contributed by atoms with van der Waals surface area (Å²) >= 11 is 0. The van der Waals surface area contributed by atoms with Gasteiger partial charge in [0.15, 0.2) is 11.6 Å². The Morgan fingerprint density at radius 1 is 0.529 bits per heavy atom. The first kappa shape index (κ1) is 27.7. The summed E-state index contributed by atoms with van der Waals surface area (Å²) in [4.78, 5) is 0. The summed E-state index contributed by atoms with van der Waals surface area (Å²) in [6, 6.07) is 3.77. The molecule has 0 heterocycles. The number of hydrogen-bond donors (Lipinski definition) is 0. The minimum absolute atomic E-state index is 0.564. The van der Waals surface area contributed by atoms with Gasteiger partial charge in [0.1, 0.15) is 0 Å². The molecule has 2 fully saturated rings. The first-order chi connectivity index (χ1) is 16.6. The van der Waals surface area contributed by atoms with Crippen molar-refractivity contribution in [2.24, 2.45) is 23.7 Å². The normalized spacial score (nSPS) is 25.5. The second-order valence-corrected chi connectivity index (χ2v) is 11.9. The average Bonchev–Trinajstić information content (AvgIpc) is 2.86. The van der Waals surface area contributed by atoms with Gasteiger partial charge in [-0.15, -0.1) is 0 Å². The predicted molar refractivity (Wildman–Crippen MR) is 142 cm³/mol. The summed E-state index contributed by atoms with van der Waals surface area (Å²) < 4.78 is 29.7. The van der Waals surface area contributed by atoms with Crippen LogP contribution in [0.3, 0.4) is 0 Å². The van der Waals surface area contributed by atoms with E-state index in [4.69, 9.17) is 0 Å². The summed E-state index contributed by atoms with van der Waals surface area (Å²) in [7, 11) is 0. The molecule has 2 aliphatic carbocycles. The highest BCUT2D eigenvalue weighted by atomic mass is 19.2. The zero-order valence-corrected chi connectivity index (χ0v) is 22.4. The second-order valence-electron chi connectivity index (χ2n) is 11.9. The standard InChI is InChI=1S/C32H52F2/c1-3-5-7-9-25-11-15-27(16-12-25)19-21-29-23-24-30(32(34)31(29)33)22-20-28-17-13-26(14-18-28)10-8-6-4-2/h23-28H,3-22H2,1-2H3/t25-,26-,27-,28-. The van der Waals surface area contributed by atoms with Crippen molar-refractivity contribution < 1.29 is 8.78 Å². The van der Waals surface area contributed by atoms with Gasteiger partial charge in [0.2, 0.25) is 0 Å². The summed E-state index contributed by atoms with van der Waals surface area (Å²) in [6.07, 6.45) is 24.7. The molecule has 0 aromatic heterocycles. The van der Waals surface area contributed by atoms with Gasteiger partial charge >= 0.3 is 0 Å². The number of hydrogen-bond acceptors (Lipinski definition) is 0. The Labute approximate surface area is 209 Å². The summed E-state index contributed by atoms with van der Waals surface area (Å²) in [6.45, 7) is 4.54. The van der Waals surface area contributed by atoms with Crippen LogP contribution in [0.1, 0.15) is 141 Å². The lowest BCUT2D eigenvalue weighted by Gasteiger charge is -2.29. The van der Waals surface area contributed by atoms with Crippen molar-refractivity contribution in [2.45, 2.75) is 142 Å². The van der Waals surface area contributed by atoms with Crippen molar-refractivity contribution in [1.29, 1.82) is 0 Å². The van der Waals surface area contributed by atoms with Crippen LogP contribution in [0, 0.1) is 35.3 Å². The highest BCUT2D eigenvalue weighted by Gasteiger charge is 2.23. The molecule has 194 valence electrons. The Morgan fingerprint density at radius 2 is 0.853 bits per heavy atom. The molecule has 0 unspecified atom stereocenters. The van der Waals surface area contributed by atoms with Crippen molar-refractivity contribution in [3.63, 3.8) is 0 Å². The van der Waals surface area contributed by atoms with Crippen LogP contribution in [0.4, 0.5) is 8.78 Å². The van der Waals surface area contributed by atoms with Crippen molar-refractivity contribution in [1.82, 2.24) is 0 Å². The summed E-state index contributed by atoms with van der Waals surface area (Å²) in [5, 5.41) is 0. The predicted octanol–water partition coefficient (Wildman–Crippen LogP) is 10.6. The molecular formula is C32H52F2. The van der Waals surface area contributed by atoms with E-state index >= 15 is 0 Å². The molecule has 1 aromatic rings. The van der Waals surface area contributed by atoms with Gasteiger partial charge in [-0.3, -0.25) is 0 Å². The first-order valence-electron chi connectivity index (χ1n) is 15.1. The molecule has 0 atom stereocenters. The first-order valence-corrected chi connectivity index (χ1v) is 15.1. The van der Waals surface area contributed by atoms with Crippen LogP contribution in [0.2, 0.25) is 0 Å². The lowest BCUT2D eigenvalue weighted by Crippen LogP contribution is -2.16. The second kappa shape index (κ2) is 15.2. The van der Waals surface area contributed by atoms with Gasteiger partial charge in [-0.25, -0.2) is 8.78 Å². The van der Waals surface area contributed by atoms with Crippen LogP contribution in [0.15, 0.2) is 12.1 Å². The third kappa shape index (κ3) is 8.94. The fourth-order valence-electron chi connectivity index (χ4n) is 6.72. The van der Waals surface area contributed by atoms with Gasteiger partial charge in [-0.2, -0.15) is 0 Å². The molecule has 3 rings (SSSR count). The number of benzene rings is 1. The van der Waals surface area contributed by atoms with Gasteiger partial charge in [0.05, 0.1) is 0 Å². The number of aryl methyl sites for hydroxylation is 2. The Morgan fingerprint density at radius 3 is 1.18 bits per heavy atom. The fraction of sp³-hybridized carbons (Fsp3) is 0.812. The van der Waals surface area contributed by atoms with Gasteiger partial charge < -0.3 is 0 Å². The van der Waals surface area contributed by atoms with E-state index in [9.17, 15) is 8.78 Å². The van der Waals surface area contributed by atoms with Crippen LogP contribution in [-0.4, -0.2) is 0 Å². The lowest BCUT2D eigenvalue weighted by molar-refractivity contribution is 0.248. The molecule has 0 radical (unpaired) electrons. The van der Waals surface area contributed by atoms with E-state index in [2.05, 4.69) is 13.8 Å². The van der Waals surface area contributed by atoms with Gasteiger partial charge in [0.25, 0.3) is 0 Å². The third-order valence-corrected chi connectivity index (χ3v) is 9.25. The van der Waals surface area contributed by atoms with Crippen molar-refractivity contribution in [3.05, 3.63) is 34.9 Å². The molecule has 0 spiro atoms. The highest BCUT2D eigenvalue weighted by Crippen LogP contribution is 2.36. The molecule has 0 aliphatic heterocycles. The quantitative estimate of drug-likeness (QED) is 0.235. The largest absolute Gasteiger partial charge is 0.203 e. The van der Waals surface area contributed by atoms with E-state index in [0.29, 0.717) is 35.8 Å². The summed E-state index contributed by atoms with van der Waals surface area (Å²) in [5.74, 6) is 2.08. The molecule has 2 heteroatoms. The Kier molecular flexibility index (Phi) is 12.4. The topological polar surface area (TPSA) is 0 Å². The zero-order chi connectivity index (χ0) is 24.2. The van der Waals surface area contributed by atoms with E-state index in [1.807, 2.05) is 12.1 Å². The number of halogens is 2. The maximum atomic E-state index is 14.8. The fourth-order valence-corrected chi connectivity index (χ4v) is 6.72. The van der Waals surface area contributed by atoms with Crippen LogP contribution in [0.5, 0.6) is 0 Å². The molecule has 2 saturated carbocycles. The SMILES string of the molecule is CCCCC[C@H]1CC[C@H](CCc2ccc(CC[C@H]3CC[C@H](CCCCC)CC3)c(F)c2F)CC1. The van der Waals surface area contributed by atoms with E-state index in [0.717, 1.165) is 24.7 Å². The number of unbranched alkanes of at least 4 members (excludes halogenated alkanes) is 4. The summed E-state index contributed by atoms with van der Waals surface area (Å²) in [5.41, 5.74) is 1.19. The Hall–Kier alpha value is -0.920. The lowest BCUT2D eigenvalue weighted by atomic mass is 9.77. The maximum Gasteiger partial charge on any atom is 0.162 e. The minimum atomic E-state index is -0.564. The third-order valence-electron chi connectivity index (χ3n) is 9.25. The van der Waals surface area contributed by atoms with Crippen LogP contribution >= 0.6 is 0 Å². The monoisotopic (exact) mass is 474 g/mol. The van der Waals surface area contributed by atoms with E-state index in [-0.39, 0.29) is 0 Å². The molecule has 0 bridgehead atoms. The Bertz CT molecular complexity index is 621. The van der Waals surface area contributed by atoms with Gasteiger partial charge in [-0.05, 0) is 60.5 Å². The van der Waals surface area contributed by atoms with Crippen molar-refractivity contribution >= 4 is 0 Å². The molecule has 2 aliphatic rings. The molecule has 0 N–H and O–H groups in total. The molecule has 34 heavy (non-hydrogen) atoms. The molecule has 0 amide bonds. The van der Waals surface area contributed by atoms with Crippen LogP contribution in [-0.2, 0) is 12.8 Å². The van der Waals surface area contributed by atoms with Crippen molar-refractivity contribution in [2.75, 3.05) is 0 Å². The molecular weight excluding hydrogens is 422 g/mol. The highest BCUT2D eigenvalue weighted by molar-refractivity contribution is 5.27. The van der Waals surface area contributed by atoms with E-state index in [1.54, 1.807) is 0 Å². The molecule has 1 aromatic carbocycles. The molecule has 0 nitrogen and oxygen atoms in total. The average molecular weight is 475 g/mol. The van der Waals surface area contributed by atoms with E-state index in [1.165, 1.54) is 103 Å². The van der Waals surface area contributed by atoms with Crippen molar-refractivity contribution in [3.8, 4) is 0 Å². The van der Waals surface area contributed by atoms with Crippen LogP contribution < -0.4 is 0 Å². The minimum Gasteiger partial charge on any atom is -0.203 e. The van der Waals surface area contributed by atoms with Crippen LogP contribution in [0.25, 0.3) is 0 Å². The zero-order valence-electron chi connectivity index (χ0n) is 22.4. The maximum absolute atomic E-state index is 14.8. The van der Waals surface area contributed by atoms with Gasteiger partial charge in [-0.1, -0.05) is 129 Å². The smallest absolute Gasteiger partial charge is 0.162 e. The number of rotatable bonds is 14. The van der Waals surface area contributed by atoms with Gasteiger partial charge in [0, 0.05) is 0 Å².